The first-order chi connectivity index (χ1) is 11.2. The molecule has 0 saturated carbocycles. The minimum absolute atomic E-state index is 0.341. The van der Waals surface area contributed by atoms with Crippen LogP contribution >= 0.6 is 0 Å². The Morgan fingerprint density at radius 3 is 2.70 bits per heavy atom. The van der Waals surface area contributed by atoms with Crippen molar-refractivity contribution in [3.05, 3.63) is 59.7 Å². The predicted molar refractivity (Wildman–Crippen MR) is 96.3 cm³/mol. The van der Waals surface area contributed by atoms with Crippen molar-refractivity contribution in [2.24, 2.45) is 5.92 Å². The lowest BCUT2D eigenvalue weighted by atomic mass is 9.91. The highest BCUT2D eigenvalue weighted by Gasteiger charge is 2.30. The maximum absolute atomic E-state index is 5.88. The van der Waals surface area contributed by atoms with Crippen molar-refractivity contribution in [1.29, 1.82) is 0 Å². The lowest BCUT2D eigenvalue weighted by Crippen LogP contribution is -2.41. The van der Waals surface area contributed by atoms with E-state index in [0.29, 0.717) is 12.0 Å². The van der Waals surface area contributed by atoms with Crippen LogP contribution in [0.15, 0.2) is 48.5 Å². The van der Waals surface area contributed by atoms with Gasteiger partial charge < -0.3 is 15.0 Å². The van der Waals surface area contributed by atoms with Gasteiger partial charge in [-0.15, -0.1) is 0 Å². The van der Waals surface area contributed by atoms with E-state index in [1.54, 1.807) is 0 Å². The van der Waals surface area contributed by atoms with Crippen LogP contribution in [0.2, 0.25) is 0 Å². The number of nitrogens with one attached hydrogen (secondary N) is 1. The van der Waals surface area contributed by atoms with Gasteiger partial charge >= 0.3 is 0 Å². The average Bonchev–Trinajstić information content (AvgIpc) is 2.57. The van der Waals surface area contributed by atoms with Crippen molar-refractivity contribution >= 4 is 5.69 Å². The summed E-state index contributed by atoms with van der Waals surface area (Å²) in [5.41, 5.74) is 3.85. The Balaban J connectivity index is 2.03. The third-order valence-electron chi connectivity index (χ3n) is 4.56. The normalized spacial score (nSPS) is 16.4. The fourth-order valence-electron chi connectivity index (χ4n) is 3.54. The van der Waals surface area contributed by atoms with Crippen LogP contribution in [0.5, 0.6) is 5.75 Å². The number of rotatable bonds is 5. The second-order valence-electron chi connectivity index (χ2n) is 6.40. The Morgan fingerprint density at radius 1 is 1.17 bits per heavy atom. The van der Waals surface area contributed by atoms with Crippen LogP contribution < -0.4 is 15.0 Å². The third-order valence-corrected chi connectivity index (χ3v) is 4.56. The van der Waals surface area contributed by atoms with Gasteiger partial charge in [-0.05, 0) is 49.7 Å². The molecule has 3 nitrogen and oxygen atoms in total. The summed E-state index contributed by atoms with van der Waals surface area (Å²) >= 11 is 0. The second-order valence-corrected chi connectivity index (χ2v) is 6.40. The van der Waals surface area contributed by atoms with Gasteiger partial charge in [0, 0.05) is 0 Å². The van der Waals surface area contributed by atoms with Crippen molar-refractivity contribution in [3.8, 4) is 5.75 Å². The number of fused-ring (bicyclic) bond motifs is 1. The lowest BCUT2D eigenvalue weighted by Gasteiger charge is -2.41. The zero-order valence-corrected chi connectivity index (χ0v) is 14.3. The minimum Gasteiger partial charge on any atom is -0.490 e. The minimum atomic E-state index is 0.341. The van der Waals surface area contributed by atoms with E-state index in [1.807, 2.05) is 7.05 Å². The van der Waals surface area contributed by atoms with Crippen LogP contribution in [-0.2, 0) is 0 Å². The van der Waals surface area contributed by atoms with Gasteiger partial charge in [0.25, 0.3) is 0 Å². The van der Waals surface area contributed by atoms with Crippen LogP contribution in [0, 0.1) is 12.8 Å². The first-order valence-electron chi connectivity index (χ1n) is 8.40. The van der Waals surface area contributed by atoms with Crippen molar-refractivity contribution in [1.82, 2.24) is 5.32 Å². The van der Waals surface area contributed by atoms with Gasteiger partial charge in [0.1, 0.15) is 12.4 Å². The molecule has 2 aromatic carbocycles. The molecule has 2 aromatic rings. The molecule has 23 heavy (non-hydrogen) atoms. The molecule has 122 valence electrons. The molecule has 0 bridgehead atoms. The quantitative estimate of drug-likeness (QED) is 0.909. The van der Waals surface area contributed by atoms with Gasteiger partial charge in [0.2, 0.25) is 0 Å². The Hall–Kier alpha value is -2.00. The highest BCUT2D eigenvalue weighted by Crippen LogP contribution is 2.40. The average molecular weight is 310 g/mol. The number of hydrogen-bond donors (Lipinski definition) is 1. The Morgan fingerprint density at radius 2 is 1.96 bits per heavy atom. The largest absolute Gasteiger partial charge is 0.490 e. The molecule has 1 aliphatic heterocycles. The number of ether oxygens (including phenoxy) is 1. The maximum atomic E-state index is 5.88. The van der Waals surface area contributed by atoms with Crippen LogP contribution in [-0.4, -0.2) is 26.7 Å². The first-order valence-corrected chi connectivity index (χ1v) is 8.40. The van der Waals surface area contributed by atoms with E-state index in [1.165, 1.54) is 16.8 Å². The van der Waals surface area contributed by atoms with Crippen molar-refractivity contribution in [2.45, 2.75) is 19.9 Å². The van der Waals surface area contributed by atoms with Gasteiger partial charge in [-0.1, -0.05) is 43.3 Å². The first kappa shape index (κ1) is 15.9. The molecule has 3 heteroatoms. The number of anilines is 1. The summed E-state index contributed by atoms with van der Waals surface area (Å²) in [5, 5.41) is 3.33. The van der Waals surface area contributed by atoms with Gasteiger partial charge in [-0.3, -0.25) is 0 Å². The van der Waals surface area contributed by atoms with Gasteiger partial charge in [-0.2, -0.15) is 0 Å². The summed E-state index contributed by atoms with van der Waals surface area (Å²) in [4.78, 5) is 2.52. The van der Waals surface area contributed by atoms with Crippen molar-refractivity contribution in [2.75, 3.05) is 31.6 Å². The van der Waals surface area contributed by atoms with Crippen LogP contribution in [0.4, 0.5) is 5.69 Å². The Bertz CT molecular complexity index is 641. The fourth-order valence-corrected chi connectivity index (χ4v) is 3.54. The van der Waals surface area contributed by atoms with Gasteiger partial charge in [0.05, 0.1) is 18.3 Å². The number of hydrogen-bond acceptors (Lipinski definition) is 3. The molecule has 1 heterocycles. The SMILES string of the molecule is CNCC(C)C(c1ccccc1)N1CCOc2ccc(C)cc21. The third kappa shape index (κ3) is 3.35. The molecule has 0 radical (unpaired) electrons. The zero-order chi connectivity index (χ0) is 16.2. The summed E-state index contributed by atoms with van der Waals surface area (Å²) in [6.45, 7) is 7.11. The highest BCUT2D eigenvalue weighted by atomic mass is 16.5. The lowest BCUT2D eigenvalue weighted by molar-refractivity contribution is 0.287. The van der Waals surface area contributed by atoms with Gasteiger partial charge in [-0.25, -0.2) is 0 Å². The van der Waals surface area contributed by atoms with Crippen LogP contribution in [0.25, 0.3) is 0 Å². The Labute approximate surface area is 139 Å². The molecular weight excluding hydrogens is 284 g/mol. The standard InChI is InChI=1S/C20H26N2O/c1-15-9-10-19-18(13-15)22(11-12-23-19)20(16(2)14-21-3)17-7-5-4-6-8-17/h4-10,13,16,20-21H,11-12,14H2,1-3H3. The van der Waals surface area contributed by atoms with E-state index in [4.69, 9.17) is 4.74 Å². The molecule has 0 fully saturated rings. The van der Waals surface area contributed by atoms with E-state index >= 15 is 0 Å². The molecule has 0 aromatic heterocycles. The monoisotopic (exact) mass is 310 g/mol. The fraction of sp³-hybridized carbons (Fsp3) is 0.400. The van der Waals surface area contributed by atoms with E-state index < -0.39 is 0 Å². The molecule has 1 aliphatic rings. The van der Waals surface area contributed by atoms with Gasteiger partial charge in [0.15, 0.2) is 0 Å². The summed E-state index contributed by atoms with van der Waals surface area (Å²) in [7, 11) is 2.02. The molecule has 0 saturated heterocycles. The summed E-state index contributed by atoms with van der Waals surface area (Å²) in [6, 6.07) is 17.6. The number of nitrogens with zero attached hydrogens (tertiary/aromatic N) is 1. The molecule has 0 spiro atoms. The molecule has 2 atom stereocenters. The smallest absolute Gasteiger partial charge is 0.142 e. The van der Waals surface area contributed by atoms with E-state index in [2.05, 4.69) is 72.6 Å². The number of aryl methyl sites for hydroxylation is 1. The molecule has 2 unspecified atom stereocenters. The second kappa shape index (κ2) is 7.05. The van der Waals surface area contributed by atoms with Crippen LogP contribution in [0.3, 0.4) is 0 Å². The van der Waals surface area contributed by atoms with Crippen molar-refractivity contribution < 1.29 is 4.74 Å². The molecule has 3 rings (SSSR count). The molecule has 0 amide bonds. The maximum Gasteiger partial charge on any atom is 0.142 e. The predicted octanol–water partition coefficient (Wildman–Crippen LogP) is 3.79. The topological polar surface area (TPSA) is 24.5 Å². The van der Waals surface area contributed by atoms with Crippen molar-refractivity contribution in [3.63, 3.8) is 0 Å². The molecule has 1 N–H and O–H groups in total. The summed E-state index contributed by atoms with van der Waals surface area (Å²) < 4.78 is 5.88. The molecule has 0 aliphatic carbocycles. The highest BCUT2D eigenvalue weighted by molar-refractivity contribution is 5.62. The summed E-state index contributed by atoms with van der Waals surface area (Å²) in [5.74, 6) is 1.49. The zero-order valence-electron chi connectivity index (χ0n) is 14.3. The number of benzene rings is 2. The molecular formula is C20H26N2O. The summed E-state index contributed by atoms with van der Waals surface area (Å²) in [6.07, 6.45) is 0. The van der Waals surface area contributed by atoms with E-state index in [-0.39, 0.29) is 0 Å². The van der Waals surface area contributed by atoms with Crippen LogP contribution in [0.1, 0.15) is 24.1 Å². The van der Waals surface area contributed by atoms with E-state index in [0.717, 1.165) is 25.4 Å². The van der Waals surface area contributed by atoms with E-state index in [9.17, 15) is 0 Å². The Kier molecular flexibility index (Phi) is 4.87.